The van der Waals surface area contributed by atoms with Crippen molar-refractivity contribution in [3.05, 3.63) is 60.5 Å². The van der Waals surface area contributed by atoms with Crippen molar-refractivity contribution < 1.29 is 23.5 Å². The summed E-state index contributed by atoms with van der Waals surface area (Å²) in [5.74, 6) is 1.28. The van der Waals surface area contributed by atoms with Crippen molar-refractivity contribution in [2.45, 2.75) is 43.6 Å². The number of carbonyl (C=O) groups is 2. The van der Waals surface area contributed by atoms with E-state index in [0.717, 1.165) is 37.4 Å². The molecular weight excluding hydrogens is 468 g/mol. The molecule has 1 fully saturated rings. The lowest BCUT2D eigenvalue weighted by atomic mass is 10.2. The first-order chi connectivity index (χ1) is 17.1. The number of nitrogens with zero attached hydrogens (tertiary/aromatic N) is 3. The number of rotatable bonds is 11. The lowest BCUT2D eigenvalue weighted by molar-refractivity contribution is -0.123. The maximum Gasteiger partial charge on any atom is 0.277 e. The number of para-hydroxylation sites is 1. The van der Waals surface area contributed by atoms with E-state index in [0.29, 0.717) is 23.1 Å². The first-order valence-corrected chi connectivity index (χ1v) is 12.5. The molecule has 1 aromatic heterocycles. The predicted octanol–water partition coefficient (Wildman–Crippen LogP) is 3.84. The van der Waals surface area contributed by atoms with E-state index in [9.17, 15) is 9.59 Å². The zero-order valence-corrected chi connectivity index (χ0v) is 20.3. The van der Waals surface area contributed by atoms with Crippen LogP contribution >= 0.6 is 11.8 Å². The van der Waals surface area contributed by atoms with Gasteiger partial charge in [0.2, 0.25) is 11.8 Å². The third-order valence-electron chi connectivity index (χ3n) is 5.58. The minimum absolute atomic E-state index is 0.0317. The van der Waals surface area contributed by atoms with Crippen LogP contribution in [-0.2, 0) is 16.2 Å². The Morgan fingerprint density at radius 3 is 2.51 bits per heavy atom. The topological polar surface area (TPSA) is 107 Å². The molecule has 35 heavy (non-hydrogen) atoms. The Bertz CT molecular complexity index is 1100. The molecule has 0 spiro atoms. The third-order valence-corrected chi connectivity index (χ3v) is 6.38. The molecule has 0 aliphatic heterocycles. The second-order valence-electron chi connectivity index (χ2n) is 8.08. The SMILES string of the molecule is COc1ccc(N(CC(=O)NC2CCCC2)C(=O)CSc2nnc(COc3ccccc3)o2)cc1. The molecule has 3 aromatic rings. The Balaban J connectivity index is 1.36. The van der Waals surface area contributed by atoms with Gasteiger partial charge >= 0.3 is 0 Å². The highest BCUT2D eigenvalue weighted by atomic mass is 32.2. The normalized spacial score (nSPS) is 13.4. The van der Waals surface area contributed by atoms with Gasteiger partial charge in [-0.15, -0.1) is 10.2 Å². The first kappa shape index (κ1) is 24.6. The zero-order chi connectivity index (χ0) is 24.5. The molecule has 2 aromatic carbocycles. The van der Waals surface area contributed by atoms with Crippen LogP contribution in [0, 0.1) is 0 Å². The largest absolute Gasteiger partial charge is 0.497 e. The van der Waals surface area contributed by atoms with Crippen molar-refractivity contribution in [1.29, 1.82) is 0 Å². The van der Waals surface area contributed by atoms with E-state index in [1.54, 1.807) is 31.4 Å². The van der Waals surface area contributed by atoms with E-state index < -0.39 is 0 Å². The highest BCUT2D eigenvalue weighted by Crippen LogP contribution is 2.23. The van der Waals surface area contributed by atoms with Crippen LogP contribution in [0.3, 0.4) is 0 Å². The van der Waals surface area contributed by atoms with Crippen LogP contribution in [0.15, 0.2) is 64.2 Å². The third kappa shape index (κ3) is 7.22. The molecular formula is C25H28N4O5S. The summed E-state index contributed by atoms with van der Waals surface area (Å²) in [4.78, 5) is 27.3. The number of aromatic nitrogens is 2. The fourth-order valence-corrected chi connectivity index (χ4v) is 4.45. The number of amides is 2. The smallest absolute Gasteiger partial charge is 0.277 e. The number of hydrogen-bond donors (Lipinski definition) is 1. The lowest BCUT2D eigenvalue weighted by Gasteiger charge is -2.23. The van der Waals surface area contributed by atoms with Gasteiger partial charge in [0.15, 0.2) is 6.61 Å². The number of anilines is 1. The first-order valence-electron chi connectivity index (χ1n) is 11.5. The maximum absolute atomic E-state index is 13.1. The van der Waals surface area contributed by atoms with Gasteiger partial charge in [-0.2, -0.15) is 0 Å². The summed E-state index contributed by atoms with van der Waals surface area (Å²) in [5.41, 5.74) is 0.612. The molecule has 9 nitrogen and oxygen atoms in total. The number of methoxy groups -OCH3 is 1. The van der Waals surface area contributed by atoms with E-state index in [2.05, 4.69) is 15.5 Å². The molecule has 0 radical (unpaired) electrons. The lowest BCUT2D eigenvalue weighted by Crippen LogP contribution is -2.44. The molecule has 1 aliphatic rings. The van der Waals surface area contributed by atoms with E-state index in [4.69, 9.17) is 13.9 Å². The van der Waals surface area contributed by atoms with Gasteiger partial charge in [0.05, 0.1) is 12.9 Å². The van der Waals surface area contributed by atoms with Crippen molar-refractivity contribution in [2.75, 3.05) is 24.3 Å². The molecule has 1 N–H and O–H groups in total. The van der Waals surface area contributed by atoms with Crippen LogP contribution in [0.2, 0.25) is 0 Å². The Morgan fingerprint density at radius 1 is 1.06 bits per heavy atom. The minimum atomic E-state index is -0.248. The molecule has 10 heteroatoms. The number of thioether (sulfide) groups is 1. The molecule has 184 valence electrons. The summed E-state index contributed by atoms with van der Waals surface area (Å²) < 4.78 is 16.4. The van der Waals surface area contributed by atoms with Crippen LogP contribution in [-0.4, -0.2) is 47.5 Å². The van der Waals surface area contributed by atoms with Gasteiger partial charge in [-0.3, -0.25) is 9.59 Å². The molecule has 0 bridgehead atoms. The van der Waals surface area contributed by atoms with Gasteiger partial charge in [-0.25, -0.2) is 0 Å². The number of hydrogen-bond acceptors (Lipinski definition) is 8. The summed E-state index contributed by atoms with van der Waals surface area (Å²) in [6.07, 6.45) is 4.19. The summed E-state index contributed by atoms with van der Waals surface area (Å²) in [6.45, 7) is 0.0626. The average Bonchev–Trinajstić information content (AvgIpc) is 3.57. The van der Waals surface area contributed by atoms with Gasteiger partial charge in [0, 0.05) is 11.7 Å². The second kappa shape index (κ2) is 12.3. The molecule has 1 aliphatic carbocycles. The van der Waals surface area contributed by atoms with Crippen molar-refractivity contribution in [3.63, 3.8) is 0 Å². The molecule has 0 unspecified atom stereocenters. The minimum Gasteiger partial charge on any atom is -0.497 e. The monoisotopic (exact) mass is 496 g/mol. The fourth-order valence-electron chi connectivity index (χ4n) is 3.79. The fraction of sp³-hybridized carbons (Fsp3) is 0.360. The number of benzene rings is 2. The predicted molar refractivity (Wildman–Crippen MR) is 132 cm³/mol. The van der Waals surface area contributed by atoms with Gasteiger partial charge < -0.3 is 24.1 Å². The van der Waals surface area contributed by atoms with Gasteiger partial charge in [0.25, 0.3) is 11.1 Å². The van der Waals surface area contributed by atoms with E-state index in [-0.39, 0.29) is 42.0 Å². The van der Waals surface area contributed by atoms with Crippen molar-refractivity contribution in [3.8, 4) is 11.5 Å². The Hall–Kier alpha value is -3.53. The Labute approximate surface area is 208 Å². The maximum atomic E-state index is 13.1. The summed E-state index contributed by atoms with van der Waals surface area (Å²) in [6, 6.07) is 16.5. The number of carbonyl (C=O) groups excluding carboxylic acids is 2. The summed E-state index contributed by atoms with van der Waals surface area (Å²) in [7, 11) is 1.58. The summed E-state index contributed by atoms with van der Waals surface area (Å²) >= 11 is 1.12. The quantitative estimate of drug-likeness (QED) is 0.399. The Kier molecular flexibility index (Phi) is 8.61. The van der Waals surface area contributed by atoms with Gasteiger partial charge in [-0.05, 0) is 49.2 Å². The standard InChI is InChI=1S/C25H28N4O5S/c1-32-20-13-11-19(12-14-20)29(15-22(30)26-18-7-5-6-8-18)24(31)17-35-25-28-27-23(34-25)16-33-21-9-3-2-4-10-21/h2-4,9-14,18H,5-8,15-17H2,1H3,(H,26,30). The number of ether oxygens (including phenoxy) is 2. The van der Waals surface area contributed by atoms with Gasteiger partial charge in [-0.1, -0.05) is 42.8 Å². The van der Waals surface area contributed by atoms with E-state index in [1.165, 1.54) is 4.90 Å². The van der Waals surface area contributed by atoms with Crippen LogP contribution < -0.4 is 19.7 Å². The Morgan fingerprint density at radius 2 is 1.80 bits per heavy atom. The van der Waals surface area contributed by atoms with Crippen LogP contribution in [0.5, 0.6) is 11.5 Å². The highest BCUT2D eigenvalue weighted by molar-refractivity contribution is 7.99. The molecule has 1 heterocycles. The van der Waals surface area contributed by atoms with E-state index >= 15 is 0 Å². The van der Waals surface area contributed by atoms with Crippen LogP contribution in [0.25, 0.3) is 0 Å². The average molecular weight is 497 g/mol. The molecule has 1 saturated carbocycles. The number of nitrogens with one attached hydrogen (secondary N) is 1. The van der Waals surface area contributed by atoms with Crippen molar-refractivity contribution >= 4 is 29.3 Å². The molecule has 2 amide bonds. The highest BCUT2D eigenvalue weighted by Gasteiger charge is 2.23. The van der Waals surface area contributed by atoms with Crippen molar-refractivity contribution in [2.24, 2.45) is 0 Å². The zero-order valence-electron chi connectivity index (χ0n) is 19.5. The van der Waals surface area contributed by atoms with Crippen LogP contribution in [0.4, 0.5) is 5.69 Å². The van der Waals surface area contributed by atoms with Crippen LogP contribution in [0.1, 0.15) is 31.6 Å². The van der Waals surface area contributed by atoms with Gasteiger partial charge in [0.1, 0.15) is 18.0 Å². The molecule has 0 saturated heterocycles. The molecule has 0 atom stereocenters. The van der Waals surface area contributed by atoms with Crippen molar-refractivity contribution in [1.82, 2.24) is 15.5 Å². The second-order valence-corrected chi connectivity index (χ2v) is 9.01. The molecule has 4 rings (SSSR count). The van der Waals surface area contributed by atoms with E-state index in [1.807, 2.05) is 30.3 Å². The summed E-state index contributed by atoms with van der Waals surface area (Å²) in [5, 5.41) is 11.3.